The fraction of sp³-hybridized carbons (Fsp3) is 0. The molecule has 6 nitrogen and oxygen atoms in total. The molecule has 0 unspecified atom stereocenters. The molecule has 4 rings (SSSR count). The second-order valence-electron chi connectivity index (χ2n) is 6.12. The molecule has 0 fully saturated rings. The summed E-state index contributed by atoms with van der Waals surface area (Å²) >= 11 is 3.30. The van der Waals surface area contributed by atoms with Crippen LogP contribution in [-0.4, -0.2) is 21.8 Å². The fourth-order valence-electron chi connectivity index (χ4n) is 2.77. The van der Waals surface area contributed by atoms with E-state index in [1.165, 1.54) is 0 Å². The van der Waals surface area contributed by atoms with E-state index in [0.717, 1.165) is 15.4 Å². The molecule has 2 heterocycles. The third-order valence-corrected chi connectivity index (χ3v) is 4.60. The molecule has 2 aromatic carbocycles. The van der Waals surface area contributed by atoms with Gasteiger partial charge >= 0.3 is 0 Å². The molecule has 4 aromatic rings. The van der Waals surface area contributed by atoms with Crippen LogP contribution in [-0.2, 0) is 0 Å². The summed E-state index contributed by atoms with van der Waals surface area (Å²) in [6, 6.07) is 19.7. The van der Waals surface area contributed by atoms with Gasteiger partial charge in [-0.05, 0) is 58.4 Å². The number of rotatable bonds is 4. The van der Waals surface area contributed by atoms with Crippen molar-refractivity contribution in [3.63, 3.8) is 0 Å². The van der Waals surface area contributed by atoms with E-state index in [-0.39, 0.29) is 11.8 Å². The van der Waals surface area contributed by atoms with Gasteiger partial charge in [0.15, 0.2) is 0 Å². The lowest BCUT2D eigenvalue weighted by atomic mass is 10.2. The summed E-state index contributed by atoms with van der Waals surface area (Å²) in [7, 11) is 0. The zero-order valence-corrected chi connectivity index (χ0v) is 16.2. The molecule has 0 saturated carbocycles. The summed E-state index contributed by atoms with van der Waals surface area (Å²) in [5.74, 6) is -0.138. The molecule has 0 bridgehead atoms. The van der Waals surface area contributed by atoms with Crippen LogP contribution in [0.15, 0.2) is 77.4 Å². The van der Waals surface area contributed by atoms with Gasteiger partial charge in [-0.3, -0.25) is 9.59 Å². The number of amides is 2. The van der Waals surface area contributed by atoms with Crippen molar-refractivity contribution in [2.75, 3.05) is 10.6 Å². The average molecular weight is 435 g/mol. The van der Waals surface area contributed by atoms with Gasteiger partial charge in [-0.1, -0.05) is 24.3 Å². The van der Waals surface area contributed by atoms with E-state index >= 15 is 0 Å². The van der Waals surface area contributed by atoms with E-state index < -0.39 is 0 Å². The van der Waals surface area contributed by atoms with E-state index in [4.69, 9.17) is 0 Å². The van der Waals surface area contributed by atoms with Crippen LogP contribution in [0.5, 0.6) is 0 Å². The highest BCUT2D eigenvalue weighted by molar-refractivity contribution is 9.10. The Kier molecular flexibility index (Phi) is 4.90. The van der Waals surface area contributed by atoms with Crippen LogP contribution in [0.1, 0.15) is 20.8 Å². The fourth-order valence-corrected chi connectivity index (χ4v) is 3.01. The molecular weight excluding hydrogens is 420 g/mol. The van der Waals surface area contributed by atoms with Gasteiger partial charge in [-0.15, -0.1) is 0 Å². The first-order valence-electron chi connectivity index (χ1n) is 8.50. The molecule has 0 aliphatic rings. The Hall–Kier alpha value is -3.45. The van der Waals surface area contributed by atoms with Crippen molar-refractivity contribution in [2.24, 2.45) is 0 Å². The largest absolute Gasteiger partial charge is 0.351 e. The van der Waals surface area contributed by atoms with E-state index in [1.807, 2.05) is 24.3 Å². The number of benzene rings is 2. The number of nitrogens with zero attached hydrogens (tertiary/aromatic N) is 1. The molecule has 7 heteroatoms. The number of hydrogen-bond donors (Lipinski definition) is 3. The van der Waals surface area contributed by atoms with Crippen molar-refractivity contribution in [3.05, 3.63) is 88.7 Å². The number of aromatic amines is 1. The van der Waals surface area contributed by atoms with Crippen molar-refractivity contribution in [1.82, 2.24) is 9.97 Å². The molecule has 2 aromatic heterocycles. The molecule has 0 spiro atoms. The molecule has 0 saturated heterocycles. The van der Waals surface area contributed by atoms with Gasteiger partial charge in [-0.25, -0.2) is 4.98 Å². The van der Waals surface area contributed by atoms with Gasteiger partial charge in [0, 0.05) is 32.8 Å². The maximum Gasteiger partial charge on any atom is 0.272 e. The first kappa shape index (κ1) is 17.9. The number of carbonyl (C=O) groups excluding carboxylic acids is 2. The first-order valence-corrected chi connectivity index (χ1v) is 9.30. The monoisotopic (exact) mass is 434 g/mol. The van der Waals surface area contributed by atoms with Crippen LogP contribution in [0.2, 0.25) is 0 Å². The lowest BCUT2D eigenvalue weighted by Gasteiger charge is -2.08. The normalized spacial score (nSPS) is 10.6. The molecular formula is C21H15BrN4O2. The van der Waals surface area contributed by atoms with Crippen LogP contribution >= 0.6 is 15.9 Å². The van der Waals surface area contributed by atoms with Crippen molar-refractivity contribution >= 4 is 50.2 Å². The third kappa shape index (κ3) is 3.94. The Morgan fingerprint density at radius 2 is 1.75 bits per heavy atom. The van der Waals surface area contributed by atoms with E-state index in [1.54, 1.807) is 48.7 Å². The molecule has 138 valence electrons. The molecule has 0 radical (unpaired) electrons. The van der Waals surface area contributed by atoms with Gasteiger partial charge in [-0.2, -0.15) is 0 Å². The molecule has 28 heavy (non-hydrogen) atoms. The zero-order chi connectivity index (χ0) is 19.5. The van der Waals surface area contributed by atoms with Gasteiger partial charge in [0.05, 0.1) is 0 Å². The molecule has 0 aliphatic heterocycles. The van der Waals surface area contributed by atoms with Crippen molar-refractivity contribution in [1.29, 1.82) is 0 Å². The Balaban J connectivity index is 1.49. The second kappa shape index (κ2) is 7.66. The maximum atomic E-state index is 12.5. The van der Waals surface area contributed by atoms with E-state index in [9.17, 15) is 9.59 Å². The highest BCUT2D eigenvalue weighted by Gasteiger charge is 2.12. The highest BCUT2D eigenvalue weighted by Crippen LogP contribution is 2.18. The predicted octanol–water partition coefficient (Wildman–Crippen LogP) is 4.83. The smallest absolute Gasteiger partial charge is 0.272 e. The summed E-state index contributed by atoms with van der Waals surface area (Å²) < 4.78 is 0.826. The van der Waals surface area contributed by atoms with E-state index in [2.05, 4.69) is 36.5 Å². The summed E-state index contributed by atoms with van der Waals surface area (Å²) in [5, 5.41) is 6.50. The van der Waals surface area contributed by atoms with Crippen LogP contribution in [0.3, 0.4) is 0 Å². The average Bonchev–Trinajstić information content (AvgIpc) is 3.14. The number of para-hydroxylation sites is 1. The quantitative estimate of drug-likeness (QED) is 0.429. The summed E-state index contributed by atoms with van der Waals surface area (Å²) in [6.07, 6.45) is 1.60. The number of nitrogens with one attached hydrogen (secondary N) is 3. The SMILES string of the molecule is O=C(Nc1ccc(Br)cn1)c1cccc(NC(=O)c2cc3ccccc3[nH]2)c1. The number of aromatic nitrogens is 2. The first-order chi connectivity index (χ1) is 13.6. The van der Waals surface area contributed by atoms with Crippen LogP contribution in [0, 0.1) is 0 Å². The van der Waals surface area contributed by atoms with Crippen LogP contribution in [0.25, 0.3) is 10.9 Å². The van der Waals surface area contributed by atoms with Crippen molar-refractivity contribution in [2.45, 2.75) is 0 Å². The Morgan fingerprint density at radius 3 is 2.54 bits per heavy atom. The maximum absolute atomic E-state index is 12.5. The van der Waals surface area contributed by atoms with Gasteiger partial charge in [0.1, 0.15) is 11.5 Å². The second-order valence-corrected chi connectivity index (χ2v) is 7.04. The number of carbonyl (C=O) groups is 2. The van der Waals surface area contributed by atoms with Gasteiger partial charge in [0.25, 0.3) is 11.8 Å². The molecule has 3 N–H and O–H groups in total. The minimum atomic E-state index is -0.309. The zero-order valence-electron chi connectivity index (χ0n) is 14.6. The third-order valence-electron chi connectivity index (χ3n) is 4.13. The molecule has 2 amide bonds. The van der Waals surface area contributed by atoms with Crippen LogP contribution in [0.4, 0.5) is 11.5 Å². The Bertz CT molecular complexity index is 1140. The van der Waals surface area contributed by atoms with Crippen LogP contribution < -0.4 is 10.6 Å². The number of fused-ring (bicyclic) bond motifs is 1. The number of H-pyrrole nitrogens is 1. The lowest BCUT2D eigenvalue weighted by Crippen LogP contribution is -2.15. The Labute approximate surface area is 169 Å². The predicted molar refractivity (Wildman–Crippen MR) is 113 cm³/mol. The number of hydrogen-bond acceptors (Lipinski definition) is 3. The van der Waals surface area contributed by atoms with Crippen molar-refractivity contribution in [3.8, 4) is 0 Å². The molecule has 0 atom stereocenters. The standard InChI is InChI=1S/C21H15BrN4O2/c22-15-8-9-19(23-12-15)26-20(27)14-5-3-6-16(10-14)24-21(28)18-11-13-4-1-2-7-17(13)25-18/h1-12,25H,(H,24,28)(H,23,26,27). The minimum Gasteiger partial charge on any atom is -0.351 e. The number of pyridine rings is 1. The summed E-state index contributed by atoms with van der Waals surface area (Å²) in [6.45, 7) is 0. The number of halogens is 1. The minimum absolute atomic E-state index is 0.275. The number of anilines is 2. The highest BCUT2D eigenvalue weighted by atomic mass is 79.9. The summed E-state index contributed by atoms with van der Waals surface area (Å²) in [4.78, 5) is 32.2. The van der Waals surface area contributed by atoms with Gasteiger partial charge < -0.3 is 15.6 Å². The Morgan fingerprint density at radius 1 is 0.893 bits per heavy atom. The molecule has 0 aliphatic carbocycles. The topological polar surface area (TPSA) is 86.9 Å². The lowest BCUT2D eigenvalue weighted by molar-refractivity contribution is 0.101. The van der Waals surface area contributed by atoms with Crippen molar-refractivity contribution < 1.29 is 9.59 Å². The van der Waals surface area contributed by atoms with E-state index in [0.29, 0.717) is 22.8 Å². The summed E-state index contributed by atoms with van der Waals surface area (Å²) in [5.41, 5.74) is 2.29. The van der Waals surface area contributed by atoms with Gasteiger partial charge in [0.2, 0.25) is 0 Å².